The van der Waals surface area contributed by atoms with Crippen LogP contribution in [0.5, 0.6) is 0 Å². The van der Waals surface area contributed by atoms with Crippen LogP contribution in [0.2, 0.25) is 0 Å². The van der Waals surface area contributed by atoms with Crippen molar-refractivity contribution >= 4 is 19.8 Å². The number of rotatable bonds is 38. The van der Waals surface area contributed by atoms with Gasteiger partial charge in [-0.1, -0.05) is 147 Å². The van der Waals surface area contributed by atoms with Gasteiger partial charge in [0.15, 0.2) is 6.10 Å². The van der Waals surface area contributed by atoms with Gasteiger partial charge in [0, 0.05) is 25.2 Å². The fourth-order valence-corrected chi connectivity index (χ4v) is 8.02. The third-order valence-electron chi connectivity index (χ3n) is 11.0. The first-order valence-electron chi connectivity index (χ1n) is 23.3. The minimum atomic E-state index is -4.69. The van der Waals surface area contributed by atoms with Gasteiger partial charge in [0.05, 0.1) is 46.1 Å². The topological polar surface area (TPSA) is 172 Å². The lowest BCUT2D eigenvalue weighted by atomic mass is 9.89. The Morgan fingerprint density at radius 3 is 1.90 bits per heavy atom. The lowest BCUT2D eigenvalue weighted by Crippen LogP contribution is -2.37. The molecular formula is C46H86NO11P. The Morgan fingerprint density at radius 1 is 0.746 bits per heavy atom. The predicted molar refractivity (Wildman–Crippen MR) is 233 cm³/mol. The summed E-state index contributed by atoms with van der Waals surface area (Å²) in [4.78, 5) is 37.8. The molecule has 1 unspecified atom stereocenters. The molecule has 0 bridgehead atoms. The van der Waals surface area contributed by atoms with Crippen LogP contribution in [-0.4, -0.2) is 104 Å². The van der Waals surface area contributed by atoms with Gasteiger partial charge in [0.2, 0.25) is 0 Å². The summed E-state index contributed by atoms with van der Waals surface area (Å²) in [5.74, 6) is -1.44. The first-order chi connectivity index (χ1) is 28.2. The Labute approximate surface area is 358 Å². The average Bonchev–Trinajstić information content (AvgIpc) is 3.44. The quantitative estimate of drug-likeness (QED) is 0.0178. The lowest BCUT2D eigenvalue weighted by Gasteiger charge is -2.28. The van der Waals surface area contributed by atoms with Gasteiger partial charge in [0.1, 0.15) is 19.8 Å². The SMILES string of the molecule is CCCCCCCCCCCCCCCCCC(=O)OC[C@H](COP(=O)([O-])OCC[N+](C)(C)C)OC(=O)CCC/C=C/C[C@@H]1[C@@H](/C=C/[C@@H](O)CCCCC)[C@H](O)C[C@@H]1O. The second-order valence-corrected chi connectivity index (χ2v) is 19.2. The second-order valence-electron chi connectivity index (χ2n) is 17.7. The number of quaternary nitrogens is 1. The average molecular weight is 860 g/mol. The summed E-state index contributed by atoms with van der Waals surface area (Å²) in [6.45, 7) is 3.86. The molecule has 1 rings (SSSR count). The number of aliphatic hydroxyl groups is 3. The number of carbonyl (C=O) groups excluding carboxylic acids is 2. The number of allylic oxidation sites excluding steroid dienone is 2. The van der Waals surface area contributed by atoms with Gasteiger partial charge in [-0.25, -0.2) is 0 Å². The first kappa shape index (κ1) is 55.4. The molecular weight excluding hydrogens is 773 g/mol. The zero-order valence-electron chi connectivity index (χ0n) is 37.8. The Bertz CT molecular complexity index is 1180. The number of esters is 2. The van der Waals surface area contributed by atoms with Crippen molar-refractivity contribution < 1.29 is 57.4 Å². The number of phosphoric acid groups is 1. The Morgan fingerprint density at radius 2 is 1.31 bits per heavy atom. The third kappa shape index (κ3) is 31.0. The standard InChI is InChI=1S/C46H86NO11P/c1-6-8-10-11-12-13-14-15-16-17-18-19-20-21-26-30-45(51)55-37-40(38-57-59(53,54)56-35-34-47(3,4)5)58-46(52)31-27-23-22-25-29-41-42(44(50)36-43(41)49)33-32-39(48)28-24-9-7-2/h22,25,32-33,39-44,48-50H,6-21,23-24,26-31,34-38H2,1-5H3/b25-22+,33-32+/t39-,40+,41+,42+,43-,44+/m0/s1. The molecule has 13 heteroatoms. The summed E-state index contributed by atoms with van der Waals surface area (Å²) >= 11 is 0. The molecule has 0 radical (unpaired) electrons. The lowest BCUT2D eigenvalue weighted by molar-refractivity contribution is -0.870. The maximum atomic E-state index is 12.8. The van der Waals surface area contributed by atoms with Crippen LogP contribution in [0.3, 0.4) is 0 Å². The number of carbonyl (C=O) groups is 2. The summed E-state index contributed by atoms with van der Waals surface area (Å²) in [7, 11) is 1.02. The van der Waals surface area contributed by atoms with Gasteiger partial charge in [-0.3, -0.25) is 14.2 Å². The minimum absolute atomic E-state index is 0.0506. The van der Waals surface area contributed by atoms with E-state index < -0.39 is 50.8 Å². The van der Waals surface area contributed by atoms with Gasteiger partial charge >= 0.3 is 11.9 Å². The highest BCUT2D eigenvalue weighted by Gasteiger charge is 2.39. The van der Waals surface area contributed by atoms with Crippen LogP contribution < -0.4 is 4.89 Å². The number of likely N-dealkylation sites (N-methyl/N-ethyl adjacent to an activating group) is 1. The maximum absolute atomic E-state index is 12.8. The fraction of sp³-hybridized carbons (Fsp3) is 0.870. The molecule has 1 saturated carbocycles. The molecule has 7 atom stereocenters. The molecule has 0 spiro atoms. The monoisotopic (exact) mass is 860 g/mol. The highest BCUT2D eigenvalue weighted by atomic mass is 31.2. The molecule has 3 N–H and O–H groups in total. The van der Waals surface area contributed by atoms with Crippen LogP contribution >= 0.6 is 7.82 Å². The number of ether oxygens (including phenoxy) is 2. The van der Waals surface area contributed by atoms with Crippen molar-refractivity contribution in [3.8, 4) is 0 Å². The van der Waals surface area contributed by atoms with Crippen LogP contribution in [0.25, 0.3) is 0 Å². The van der Waals surface area contributed by atoms with Gasteiger partial charge in [0.25, 0.3) is 7.82 Å². The smallest absolute Gasteiger partial charge is 0.306 e. The number of phosphoric ester groups is 1. The molecule has 1 fully saturated rings. The van der Waals surface area contributed by atoms with Crippen LogP contribution in [0.4, 0.5) is 0 Å². The molecule has 12 nitrogen and oxygen atoms in total. The van der Waals surface area contributed by atoms with Crippen LogP contribution in [-0.2, 0) is 32.7 Å². The van der Waals surface area contributed by atoms with E-state index >= 15 is 0 Å². The summed E-state index contributed by atoms with van der Waals surface area (Å²) in [6, 6.07) is 0. The number of aliphatic hydroxyl groups excluding tert-OH is 3. The van der Waals surface area contributed by atoms with Gasteiger partial charge in [-0.15, -0.1) is 0 Å². The molecule has 1 aliphatic carbocycles. The maximum Gasteiger partial charge on any atom is 0.306 e. The van der Waals surface area contributed by atoms with Crippen molar-refractivity contribution in [2.24, 2.45) is 11.8 Å². The summed E-state index contributed by atoms with van der Waals surface area (Å²) in [6.07, 6.45) is 28.7. The first-order valence-corrected chi connectivity index (χ1v) is 24.8. The summed E-state index contributed by atoms with van der Waals surface area (Å²) < 4.78 is 33.9. The van der Waals surface area contributed by atoms with Crippen LogP contribution in [0.1, 0.15) is 174 Å². The Balaban J connectivity index is 2.49. The van der Waals surface area contributed by atoms with Crippen molar-refractivity contribution in [1.29, 1.82) is 0 Å². The largest absolute Gasteiger partial charge is 0.756 e. The number of unbranched alkanes of at least 4 members (excludes halogenated alkanes) is 17. The Kier molecular flexibility index (Phi) is 31.9. The summed E-state index contributed by atoms with van der Waals surface area (Å²) in [5, 5.41) is 31.4. The highest BCUT2D eigenvalue weighted by Crippen LogP contribution is 2.38. The van der Waals surface area contributed by atoms with Crippen LogP contribution in [0, 0.1) is 11.8 Å². The van der Waals surface area contributed by atoms with E-state index in [0.29, 0.717) is 43.1 Å². The van der Waals surface area contributed by atoms with E-state index in [9.17, 15) is 34.4 Å². The molecule has 1 aliphatic rings. The number of hydrogen-bond donors (Lipinski definition) is 3. The number of nitrogens with zero attached hydrogens (tertiary/aromatic N) is 1. The van der Waals surface area contributed by atoms with Gasteiger partial charge in [-0.05, 0) is 38.0 Å². The second kappa shape index (κ2) is 33.9. The fourth-order valence-electron chi connectivity index (χ4n) is 7.30. The van der Waals surface area contributed by atoms with Gasteiger partial charge < -0.3 is 43.2 Å². The molecule has 0 heterocycles. The zero-order chi connectivity index (χ0) is 43.8. The van der Waals surface area contributed by atoms with Crippen molar-refractivity contribution in [3.05, 3.63) is 24.3 Å². The summed E-state index contributed by atoms with van der Waals surface area (Å²) in [5.41, 5.74) is 0. The molecule has 0 saturated heterocycles. The number of hydrogen-bond acceptors (Lipinski definition) is 11. The van der Waals surface area contributed by atoms with Crippen molar-refractivity contribution in [1.82, 2.24) is 0 Å². The van der Waals surface area contributed by atoms with E-state index in [1.54, 1.807) is 6.08 Å². The zero-order valence-corrected chi connectivity index (χ0v) is 38.7. The van der Waals surface area contributed by atoms with Crippen molar-refractivity contribution in [3.63, 3.8) is 0 Å². The molecule has 346 valence electrons. The van der Waals surface area contributed by atoms with Crippen molar-refractivity contribution in [2.75, 3.05) is 47.5 Å². The molecule has 59 heavy (non-hydrogen) atoms. The Hall–Kier alpha value is -1.63. The molecule has 0 aliphatic heterocycles. The van der Waals surface area contributed by atoms with E-state index in [1.165, 1.54) is 70.6 Å². The molecule has 0 aromatic carbocycles. The van der Waals surface area contributed by atoms with Crippen molar-refractivity contribution in [2.45, 2.75) is 199 Å². The predicted octanol–water partition coefficient (Wildman–Crippen LogP) is 8.88. The molecule has 0 aromatic heterocycles. The van der Waals surface area contributed by atoms with E-state index in [1.807, 2.05) is 39.4 Å². The van der Waals surface area contributed by atoms with E-state index in [4.69, 9.17) is 18.5 Å². The van der Waals surface area contributed by atoms with E-state index in [-0.39, 0.29) is 44.3 Å². The minimum Gasteiger partial charge on any atom is -0.756 e. The van der Waals surface area contributed by atoms with E-state index in [0.717, 1.165) is 38.5 Å². The van der Waals surface area contributed by atoms with Gasteiger partial charge in [-0.2, -0.15) is 0 Å². The molecule has 0 amide bonds. The normalized spacial score (nSPS) is 20.6. The van der Waals surface area contributed by atoms with E-state index in [2.05, 4.69) is 13.8 Å². The highest BCUT2D eigenvalue weighted by molar-refractivity contribution is 7.45. The third-order valence-corrected chi connectivity index (χ3v) is 12.0. The van der Waals surface area contributed by atoms with Crippen LogP contribution in [0.15, 0.2) is 24.3 Å². The molecule has 0 aromatic rings.